The average Bonchev–Trinajstić information content (AvgIpc) is 3.68. The third kappa shape index (κ3) is 35.8. The van der Waals surface area contributed by atoms with Gasteiger partial charge >= 0.3 is 5.97 Å². The maximum absolute atomic E-state index is 12.5. The molecule has 306 valence electrons. The van der Waals surface area contributed by atoms with E-state index >= 15 is 0 Å². The van der Waals surface area contributed by atoms with Crippen molar-refractivity contribution in [1.29, 1.82) is 0 Å². The van der Waals surface area contributed by atoms with E-state index in [4.69, 9.17) is 14.2 Å². The Labute approximate surface area is 324 Å². The van der Waals surface area contributed by atoms with Crippen molar-refractivity contribution in [1.82, 2.24) is 4.90 Å². The Morgan fingerprint density at radius 3 is 1.42 bits per heavy atom. The van der Waals surface area contributed by atoms with E-state index in [9.17, 15) is 4.79 Å². The maximum atomic E-state index is 12.5. The van der Waals surface area contributed by atoms with Crippen LogP contribution in [0.15, 0.2) is 24.3 Å². The molecule has 5 nitrogen and oxygen atoms in total. The molecule has 5 heteroatoms. The van der Waals surface area contributed by atoms with Crippen molar-refractivity contribution in [2.75, 3.05) is 46.1 Å². The summed E-state index contributed by atoms with van der Waals surface area (Å²) in [7, 11) is 0. The van der Waals surface area contributed by atoms with Gasteiger partial charge in [0.05, 0.1) is 6.61 Å². The molecular formula is C47H89NO4. The fourth-order valence-electron chi connectivity index (χ4n) is 7.12. The molecule has 52 heavy (non-hydrogen) atoms. The van der Waals surface area contributed by atoms with E-state index in [1.54, 1.807) is 0 Å². The predicted octanol–water partition coefficient (Wildman–Crippen LogP) is 13.9. The first-order chi connectivity index (χ1) is 25.8. The van der Waals surface area contributed by atoms with Crippen LogP contribution in [0.2, 0.25) is 0 Å². The van der Waals surface area contributed by atoms with E-state index in [1.165, 1.54) is 193 Å². The summed E-state index contributed by atoms with van der Waals surface area (Å²) < 4.78 is 17.9. The molecule has 0 spiro atoms. The number of nitrogens with zero attached hydrogens (tertiary/aromatic N) is 1. The highest BCUT2D eigenvalue weighted by Gasteiger charge is 2.15. The quantitative estimate of drug-likeness (QED) is 0.0356. The van der Waals surface area contributed by atoms with Gasteiger partial charge in [-0.1, -0.05) is 154 Å². The molecule has 1 unspecified atom stereocenters. The van der Waals surface area contributed by atoms with Crippen molar-refractivity contribution in [2.45, 2.75) is 225 Å². The number of hydrogen-bond acceptors (Lipinski definition) is 5. The molecular weight excluding hydrogens is 643 g/mol. The molecule has 1 heterocycles. The first-order valence-corrected chi connectivity index (χ1v) is 23.1. The number of allylic oxidation sites excluding steroid dienone is 4. The number of esters is 1. The second kappa shape index (κ2) is 41.0. The van der Waals surface area contributed by atoms with E-state index in [0.29, 0.717) is 19.6 Å². The van der Waals surface area contributed by atoms with Crippen molar-refractivity contribution in [3.8, 4) is 0 Å². The molecule has 0 saturated carbocycles. The zero-order chi connectivity index (χ0) is 37.3. The Bertz CT molecular complexity index is 777. The Kier molecular flexibility index (Phi) is 38.5. The second-order valence-electron chi connectivity index (χ2n) is 15.8. The van der Waals surface area contributed by atoms with E-state index < -0.39 is 0 Å². The van der Waals surface area contributed by atoms with Gasteiger partial charge in [0.15, 0.2) is 0 Å². The first-order valence-electron chi connectivity index (χ1n) is 23.1. The molecule has 1 rings (SSSR count). The predicted molar refractivity (Wildman–Crippen MR) is 225 cm³/mol. The van der Waals surface area contributed by atoms with Gasteiger partial charge in [-0.05, 0) is 103 Å². The third-order valence-corrected chi connectivity index (χ3v) is 10.6. The van der Waals surface area contributed by atoms with Crippen LogP contribution in [0.3, 0.4) is 0 Å². The summed E-state index contributed by atoms with van der Waals surface area (Å²) in [5, 5.41) is 0. The molecule has 1 aliphatic heterocycles. The normalized spacial score (nSPS) is 14.3. The number of hydrogen-bond donors (Lipinski definition) is 0. The number of carbonyl (C=O) groups excluding carboxylic acids is 1. The van der Waals surface area contributed by atoms with E-state index in [-0.39, 0.29) is 12.1 Å². The molecule has 0 amide bonds. The molecule has 0 N–H and O–H groups in total. The number of rotatable bonds is 41. The molecule has 0 radical (unpaired) electrons. The van der Waals surface area contributed by atoms with Gasteiger partial charge < -0.3 is 19.1 Å². The van der Waals surface area contributed by atoms with Crippen LogP contribution in [0, 0.1) is 0 Å². The molecule has 1 saturated heterocycles. The standard InChI is InChI=1S/C47H89NO4/c1-3-5-7-9-11-13-15-17-19-21-23-25-27-29-31-35-42-50-44-46(45-52-47(49)38-37-41-48-39-33-34-40-48)51-43-36-32-30-28-26-24-22-20-18-16-14-12-10-8-6-4-2/h17-20,46H,3-16,21-45H2,1-2H3. The summed E-state index contributed by atoms with van der Waals surface area (Å²) >= 11 is 0. The third-order valence-electron chi connectivity index (χ3n) is 10.6. The van der Waals surface area contributed by atoms with Crippen LogP contribution in [0.4, 0.5) is 0 Å². The molecule has 0 aliphatic carbocycles. The van der Waals surface area contributed by atoms with Crippen LogP contribution in [-0.4, -0.2) is 63.0 Å². The maximum Gasteiger partial charge on any atom is 0.305 e. The lowest BCUT2D eigenvalue weighted by molar-refractivity contribution is -0.150. The van der Waals surface area contributed by atoms with Gasteiger partial charge in [0.2, 0.25) is 0 Å². The average molecular weight is 732 g/mol. The lowest BCUT2D eigenvalue weighted by Gasteiger charge is -2.19. The fraction of sp³-hybridized carbons (Fsp3) is 0.894. The van der Waals surface area contributed by atoms with Gasteiger partial charge in [-0.15, -0.1) is 0 Å². The largest absolute Gasteiger partial charge is 0.463 e. The van der Waals surface area contributed by atoms with Gasteiger partial charge in [-0.2, -0.15) is 0 Å². The molecule has 1 aliphatic rings. The summed E-state index contributed by atoms with van der Waals surface area (Å²) in [5.41, 5.74) is 0. The van der Waals surface area contributed by atoms with Crippen LogP contribution in [0.25, 0.3) is 0 Å². The molecule has 1 atom stereocenters. The van der Waals surface area contributed by atoms with Crippen molar-refractivity contribution >= 4 is 5.97 Å². The topological polar surface area (TPSA) is 48.0 Å². The highest BCUT2D eigenvalue weighted by atomic mass is 16.6. The first kappa shape index (κ1) is 48.8. The second-order valence-corrected chi connectivity index (χ2v) is 15.8. The number of unbranched alkanes of at least 4 members (excludes halogenated alkanes) is 24. The minimum absolute atomic E-state index is 0.0988. The van der Waals surface area contributed by atoms with Gasteiger partial charge in [0.1, 0.15) is 12.7 Å². The minimum Gasteiger partial charge on any atom is -0.463 e. The summed E-state index contributed by atoms with van der Waals surface area (Å²) in [6.07, 6.45) is 50.1. The van der Waals surface area contributed by atoms with Gasteiger partial charge in [0.25, 0.3) is 0 Å². The Balaban J connectivity index is 2.10. The van der Waals surface area contributed by atoms with Crippen molar-refractivity contribution in [3.63, 3.8) is 0 Å². The van der Waals surface area contributed by atoms with Crippen LogP contribution in [0.5, 0.6) is 0 Å². The molecule has 0 aromatic rings. The summed E-state index contributed by atoms with van der Waals surface area (Å²) in [4.78, 5) is 14.9. The van der Waals surface area contributed by atoms with Gasteiger partial charge in [-0.25, -0.2) is 0 Å². The Morgan fingerprint density at radius 2 is 0.942 bits per heavy atom. The Morgan fingerprint density at radius 1 is 0.519 bits per heavy atom. The molecule has 0 bridgehead atoms. The summed E-state index contributed by atoms with van der Waals surface area (Å²) in [6, 6.07) is 0. The van der Waals surface area contributed by atoms with E-state index in [1.807, 2.05) is 0 Å². The van der Waals surface area contributed by atoms with Crippen molar-refractivity contribution in [3.05, 3.63) is 24.3 Å². The van der Waals surface area contributed by atoms with Crippen LogP contribution >= 0.6 is 0 Å². The molecule has 0 aromatic carbocycles. The number of ether oxygens (including phenoxy) is 3. The smallest absolute Gasteiger partial charge is 0.305 e. The van der Waals surface area contributed by atoms with E-state index in [2.05, 4.69) is 43.1 Å². The van der Waals surface area contributed by atoms with Crippen LogP contribution in [-0.2, 0) is 19.0 Å². The number of carbonyl (C=O) groups is 1. The zero-order valence-electron chi connectivity index (χ0n) is 35.0. The van der Waals surface area contributed by atoms with Crippen molar-refractivity contribution in [2.24, 2.45) is 0 Å². The van der Waals surface area contributed by atoms with Gasteiger partial charge in [0, 0.05) is 19.6 Å². The molecule has 1 fully saturated rings. The fourth-order valence-corrected chi connectivity index (χ4v) is 7.12. The number of likely N-dealkylation sites (tertiary alicyclic amines) is 1. The highest BCUT2D eigenvalue weighted by molar-refractivity contribution is 5.69. The van der Waals surface area contributed by atoms with Crippen LogP contribution in [0.1, 0.15) is 219 Å². The van der Waals surface area contributed by atoms with Gasteiger partial charge in [-0.3, -0.25) is 4.79 Å². The summed E-state index contributed by atoms with van der Waals surface area (Å²) in [6.45, 7) is 10.2. The zero-order valence-corrected chi connectivity index (χ0v) is 35.0. The van der Waals surface area contributed by atoms with E-state index in [0.717, 1.165) is 39.0 Å². The highest BCUT2D eigenvalue weighted by Crippen LogP contribution is 2.13. The van der Waals surface area contributed by atoms with Crippen molar-refractivity contribution < 1.29 is 19.0 Å². The Hall–Kier alpha value is -1.17. The summed E-state index contributed by atoms with van der Waals surface area (Å²) in [5.74, 6) is -0.0988. The minimum atomic E-state index is -0.167. The van der Waals surface area contributed by atoms with Crippen LogP contribution < -0.4 is 0 Å². The lowest BCUT2D eigenvalue weighted by Crippen LogP contribution is -2.28. The molecule has 0 aromatic heterocycles. The monoisotopic (exact) mass is 732 g/mol. The SMILES string of the molecule is CCCCCCCCC=CCCCCCCCCOCC(COC(=O)CCCN1CCCC1)OCCCCCCCCC=CCCCCCCCC. The lowest BCUT2D eigenvalue weighted by atomic mass is 10.1.